The highest BCUT2D eigenvalue weighted by molar-refractivity contribution is 5.47. The molecule has 0 fully saturated rings. The molecule has 0 aliphatic heterocycles. The second kappa shape index (κ2) is 9.50. The van der Waals surface area contributed by atoms with Crippen LogP contribution in [0.5, 0.6) is 0 Å². The standard InChI is InChI=1S/C14H27N5O/c1-5-6-12-17-13(15-2)11-14(18-12)16-7-9-20-10-8-19(3)4/h11H,5-10H2,1-4H3,(H2,15,16,17,18). The number of anilines is 2. The summed E-state index contributed by atoms with van der Waals surface area (Å²) in [5, 5.41) is 6.34. The Morgan fingerprint density at radius 1 is 1.20 bits per heavy atom. The van der Waals surface area contributed by atoms with Crippen molar-refractivity contribution in [2.24, 2.45) is 0 Å². The van der Waals surface area contributed by atoms with Gasteiger partial charge in [0.25, 0.3) is 0 Å². The number of rotatable bonds is 10. The molecule has 1 aromatic heterocycles. The highest BCUT2D eigenvalue weighted by Crippen LogP contribution is 2.11. The average Bonchev–Trinajstić information content (AvgIpc) is 2.42. The molecular weight excluding hydrogens is 254 g/mol. The van der Waals surface area contributed by atoms with Crippen LogP contribution in [-0.2, 0) is 11.2 Å². The molecular formula is C14H27N5O. The van der Waals surface area contributed by atoms with Crippen LogP contribution in [0.25, 0.3) is 0 Å². The Morgan fingerprint density at radius 2 is 1.95 bits per heavy atom. The first kappa shape index (κ1) is 16.7. The van der Waals surface area contributed by atoms with Crippen LogP contribution in [0.3, 0.4) is 0 Å². The van der Waals surface area contributed by atoms with Crippen LogP contribution in [0, 0.1) is 0 Å². The van der Waals surface area contributed by atoms with E-state index in [1.54, 1.807) is 0 Å². The summed E-state index contributed by atoms with van der Waals surface area (Å²) in [5.41, 5.74) is 0. The molecule has 0 amide bonds. The van der Waals surface area contributed by atoms with Gasteiger partial charge >= 0.3 is 0 Å². The predicted octanol–water partition coefficient (Wildman–Crippen LogP) is 1.46. The largest absolute Gasteiger partial charge is 0.378 e. The minimum absolute atomic E-state index is 0.676. The normalized spacial score (nSPS) is 10.8. The van der Waals surface area contributed by atoms with E-state index < -0.39 is 0 Å². The van der Waals surface area contributed by atoms with Gasteiger partial charge in [-0.05, 0) is 20.5 Å². The van der Waals surface area contributed by atoms with E-state index in [9.17, 15) is 0 Å². The zero-order valence-electron chi connectivity index (χ0n) is 13.1. The molecule has 0 saturated heterocycles. The first-order valence-corrected chi connectivity index (χ1v) is 7.17. The van der Waals surface area contributed by atoms with Crippen molar-refractivity contribution in [3.63, 3.8) is 0 Å². The monoisotopic (exact) mass is 281 g/mol. The van der Waals surface area contributed by atoms with E-state index in [4.69, 9.17) is 4.74 Å². The van der Waals surface area contributed by atoms with Crippen molar-refractivity contribution in [1.29, 1.82) is 0 Å². The predicted molar refractivity (Wildman–Crippen MR) is 83.4 cm³/mol. The lowest BCUT2D eigenvalue weighted by Crippen LogP contribution is -2.20. The van der Waals surface area contributed by atoms with Gasteiger partial charge in [-0.2, -0.15) is 0 Å². The molecule has 0 saturated carbocycles. The molecule has 2 N–H and O–H groups in total. The molecule has 0 aliphatic carbocycles. The molecule has 20 heavy (non-hydrogen) atoms. The summed E-state index contributed by atoms with van der Waals surface area (Å²) >= 11 is 0. The minimum atomic E-state index is 0.676. The van der Waals surface area contributed by atoms with Gasteiger partial charge in [0.15, 0.2) is 0 Å². The summed E-state index contributed by atoms with van der Waals surface area (Å²) in [6, 6.07) is 1.92. The molecule has 0 bridgehead atoms. The number of nitrogens with one attached hydrogen (secondary N) is 2. The number of hydrogen-bond acceptors (Lipinski definition) is 6. The van der Waals surface area contributed by atoms with Crippen LogP contribution in [0.1, 0.15) is 19.2 Å². The van der Waals surface area contributed by atoms with Crippen molar-refractivity contribution >= 4 is 11.6 Å². The summed E-state index contributed by atoms with van der Waals surface area (Å²) in [6.07, 6.45) is 1.93. The highest BCUT2D eigenvalue weighted by Gasteiger charge is 2.03. The van der Waals surface area contributed by atoms with Crippen molar-refractivity contribution in [2.75, 3.05) is 58.1 Å². The summed E-state index contributed by atoms with van der Waals surface area (Å²) in [4.78, 5) is 11.0. The molecule has 1 heterocycles. The fourth-order valence-corrected chi connectivity index (χ4v) is 1.65. The lowest BCUT2D eigenvalue weighted by molar-refractivity contribution is 0.126. The molecule has 0 spiro atoms. The smallest absolute Gasteiger partial charge is 0.133 e. The molecule has 0 aromatic carbocycles. The third-order valence-corrected chi connectivity index (χ3v) is 2.74. The molecule has 6 heteroatoms. The van der Waals surface area contributed by atoms with Gasteiger partial charge in [-0.25, -0.2) is 9.97 Å². The third-order valence-electron chi connectivity index (χ3n) is 2.74. The minimum Gasteiger partial charge on any atom is -0.378 e. The Balaban J connectivity index is 2.36. The van der Waals surface area contributed by atoms with Crippen LogP contribution in [0.2, 0.25) is 0 Å². The van der Waals surface area contributed by atoms with Gasteiger partial charge in [-0.15, -0.1) is 0 Å². The number of aryl methyl sites for hydroxylation is 1. The Bertz CT molecular complexity index is 384. The fraction of sp³-hybridized carbons (Fsp3) is 0.714. The van der Waals surface area contributed by atoms with Crippen LogP contribution >= 0.6 is 0 Å². The van der Waals surface area contributed by atoms with Crippen molar-refractivity contribution < 1.29 is 4.74 Å². The lowest BCUT2D eigenvalue weighted by atomic mass is 10.3. The van der Waals surface area contributed by atoms with Crippen LogP contribution < -0.4 is 10.6 Å². The van der Waals surface area contributed by atoms with E-state index in [2.05, 4.69) is 32.4 Å². The van der Waals surface area contributed by atoms with Gasteiger partial charge in [-0.3, -0.25) is 0 Å². The van der Waals surface area contributed by atoms with Crippen LogP contribution in [0.15, 0.2) is 6.07 Å². The summed E-state index contributed by atoms with van der Waals surface area (Å²) < 4.78 is 5.54. The van der Waals surface area contributed by atoms with Gasteiger partial charge in [0.2, 0.25) is 0 Å². The Kier molecular flexibility index (Phi) is 7.91. The van der Waals surface area contributed by atoms with E-state index in [1.807, 2.05) is 27.2 Å². The number of ether oxygens (including phenoxy) is 1. The van der Waals surface area contributed by atoms with Gasteiger partial charge in [0, 0.05) is 32.6 Å². The van der Waals surface area contributed by atoms with Crippen molar-refractivity contribution in [2.45, 2.75) is 19.8 Å². The molecule has 1 rings (SSSR count). The number of nitrogens with zero attached hydrogens (tertiary/aromatic N) is 3. The SMILES string of the molecule is CCCc1nc(NC)cc(NCCOCCN(C)C)n1. The second-order valence-electron chi connectivity index (χ2n) is 4.90. The van der Waals surface area contributed by atoms with Gasteiger partial charge < -0.3 is 20.3 Å². The van der Waals surface area contributed by atoms with Gasteiger partial charge in [-0.1, -0.05) is 6.92 Å². The maximum absolute atomic E-state index is 5.54. The van der Waals surface area contributed by atoms with Crippen LogP contribution in [0.4, 0.5) is 11.6 Å². The topological polar surface area (TPSA) is 62.3 Å². The van der Waals surface area contributed by atoms with Crippen molar-refractivity contribution in [3.8, 4) is 0 Å². The van der Waals surface area contributed by atoms with Gasteiger partial charge in [0.1, 0.15) is 17.5 Å². The van der Waals surface area contributed by atoms with E-state index in [0.29, 0.717) is 6.61 Å². The number of hydrogen-bond donors (Lipinski definition) is 2. The molecule has 0 aliphatic rings. The van der Waals surface area contributed by atoms with E-state index in [-0.39, 0.29) is 0 Å². The molecule has 0 unspecified atom stereocenters. The molecule has 0 atom stereocenters. The first-order chi connectivity index (χ1) is 9.65. The van der Waals surface area contributed by atoms with Gasteiger partial charge in [0.05, 0.1) is 13.2 Å². The van der Waals surface area contributed by atoms with Crippen molar-refractivity contribution in [1.82, 2.24) is 14.9 Å². The van der Waals surface area contributed by atoms with E-state index in [1.165, 1.54) is 0 Å². The quantitative estimate of drug-likeness (QED) is 0.633. The average molecular weight is 281 g/mol. The second-order valence-corrected chi connectivity index (χ2v) is 4.90. The first-order valence-electron chi connectivity index (χ1n) is 7.17. The zero-order chi connectivity index (χ0) is 14.8. The molecule has 6 nitrogen and oxygen atoms in total. The fourth-order valence-electron chi connectivity index (χ4n) is 1.65. The zero-order valence-corrected chi connectivity index (χ0v) is 13.1. The molecule has 114 valence electrons. The summed E-state index contributed by atoms with van der Waals surface area (Å²) in [7, 11) is 5.94. The van der Waals surface area contributed by atoms with Crippen molar-refractivity contribution in [3.05, 3.63) is 11.9 Å². The maximum atomic E-state index is 5.54. The maximum Gasteiger partial charge on any atom is 0.133 e. The van der Waals surface area contributed by atoms with E-state index in [0.717, 1.165) is 50.0 Å². The number of likely N-dealkylation sites (N-methyl/N-ethyl adjacent to an activating group) is 1. The van der Waals surface area contributed by atoms with E-state index >= 15 is 0 Å². The molecule has 1 aromatic rings. The summed E-state index contributed by atoms with van der Waals surface area (Å²) in [5.74, 6) is 2.57. The lowest BCUT2D eigenvalue weighted by Gasteiger charge is -2.11. The van der Waals surface area contributed by atoms with Crippen LogP contribution in [-0.4, -0.2) is 62.3 Å². The number of aromatic nitrogens is 2. The summed E-state index contributed by atoms with van der Waals surface area (Å²) in [6.45, 7) is 5.25. The third kappa shape index (κ3) is 6.68. The Morgan fingerprint density at radius 3 is 2.60 bits per heavy atom. The Labute approximate surface area is 121 Å². The molecule has 0 radical (unpaired) electrons. The highest BCUT2D eigenvalue weighted by atomic mass is 16.5. The Hall–Kier alpha value is -1.40.